The van der Waals surface area contributed by atoms with Gasteiger partial charge in [-0.25, -0.2) is 9.67 Å². The zero-order chi connectivity index (χ0) is 29.5. The van der Waals surface area contributed by atoms with Crippen molar-refractivity contribution in [2.75, 3.05) is 0 Å². The molecule has 4 aromatic carbocycles. The van der Waals surface area contributed by atoms with Crippen LogP contribution in [0.5, 0.6) is 0 Å². The van der Waals surface area contributed by atoms with Crippen LogP contribution >= 0.6 is 15.9 Å². The van der Waals surface area contributed by atoms with E-state index in [4.69, 9.17) is 4.98 Å². The van der Waals surface area contributed by atoms with Crippen molar-refractivity contribution in [1.82, 2.24) is 29.9 Å². The molecule has 0 amide bonds. The highest BCUT2D eigenvalue weighted by atomic mass is 79.9. The summed E-state index contributed by atoms with van der Waals surface area (Å²) in [5.41, 5.74) is 8.10. The number of rotatable bonds is 5. The van der Waals surface area contributed by atoms with Crippen LogP contribution in [-0.2, 0) is 0 Å². The van der Waals surface area contributed by atoms with Crippen LogP contribution in [-0.4, -0.2) is 29.9 Å². The summed E-state index contributed by atoms with van der Waals surface area (Å²) in [4.78, 5) is 14.0. The number of nitrogens with zero attached hydrogens (tertiary/aromatic N) is 6. The molecule has 0 N–H and O–H groups in total. The van der Waals surface area contributed by atoms with Crippen molar-refractivity contribution in [2.45, 2.75) is 0 Å². The van der Waals surface area contributed by atoms with Gasteiger partial charge >= 0.3 is 0 Å². The summed E-state index contributed by atoms with van der Waals surface area (Å²) in [6, 6.07) is 41.0. The van der Waals surface area contributed by atoms with Crippen LogP contribution < -0.4 is 0 Å². The SMILES string of the molecule is Brc1c2ccccc2c(-n2cc(-c3ccc(-c4cc(-c5ccccn5)nc(-c5ccccn5)c4)cc3)nn2)c2ccccc12. The minimum atomic E-state index is 0.796. The molecule has 4 aromatic heterocycles. The van der Waals surface area contributed by atoms with Crippen molar-refractivity contribution in [3.8, 4) is 50.8 Å². The molecule has 0 saturated heterocycles. The van der Waals surface area contributed by atoms with E-state index < -0.39 is 0 Å². The summed E-state index contributed by atoms with van der Waals surface area (Å²) >= 11 is 3.84. The molecule has 0 atom stereocenters. The third-order valence-electron chi connectivity index (χ3n) is 7.75. The molecule has 0 radical (unpaired) electrons. The molecule has 208 valence electrons. The van der Waals surface area contributed by atoms with Gasteiger partial charge in [0.1, 0.15) is 5.69 Å². The maximum absolute atomic E-state index is 4.90. The van der Waals surface area contributed by atoms with E-state index in [0.717, 1.165) is 76.9 Å². The van der Waals surface area contributed by atoms with Gasteiger partial charge in [-0.15, -0.1) is 5.10 Å². The number of benzene rings is 4. The fourth-order valence-electron chi connectivity index (χ4n) is 5.63. The second-order valence-corrected chi connectivity index (χ2v) is 11.2. The predicted octanol–water partition coefficient (Wildman–Crippen LogP) is 9.19. The minimum Gasteiger partial charge on any atom is -0.255 e. The lowest BCUT2D eigenvalue weighted by molar-refractivity contribution is 0.813. The molecule has 6 nitrogen and oxygen atoms in total. The van der Waals surface area contributed by atoms with Gasteiger partial charge in [0.2, 0.25) is 0 Å². The zero-order valence-electron chi connectivity index (χ0n) is 23.3. The Morgan fingerprint density at radius 3 is 1.55 bits per heavy atom. The highest BCUT2D eigenvalue weighted by Crippen LogP contribution is 2.38. The van der Waals surface area contributed by atoms with Crippen LogP contribution in [0.2, 0.25) is 0 Å². The molecule has 8 rings (SSSR count). The molecule has 7 heteroatoms. The van der Waals surface area contributed by atoms with Crippen molar-refractivity contribution < 1.29 is 0 Å². The lowest BCUT2D eigenvalue weighted by atomic mass is 10.0. The molecule has 0 bridgehead atoms. The van der Waals surface area contributed by atoms with Crippen molar-refractivity contribution in [3.63, 3.8) is 0 Å². The predicted molar refractivity (Wildman–Crippen MR) is 179 cm³/mol. The molecule has 0 unspecified atom stereocenters. The molecule has 0 aliphatic carbocycles. The summed E-state index contributed by atoms with van der Waals surface area (Å²) in [6.07, 6.45) is 5.57. The van der Waals surface area contributed by atoms with E-state index in [1.807, 2.05) is 47.3 Å². The second kappa shape index (κ2) is 10.9. The Bertz CT molecular complexity index is 2170. The van der Waals surface area contributed by atoms with Crippen LogP contribution in [0.4, 0.5) is 0 Å². The van der Waals surface area contributed by atoms with Crippen molar-refractivity contribution >= 4 is 37.5 Å². The monoisotopic (exact) mass is 630 g/mol. The number of hydrogen-bond acceptors (Lipinski definition) is 5. The van der Waals surface area contributed by atoms with Gasteiger partial charge in [0.05, 0.1) is 34.7 Å². The maximum Gasteiger partial charge on any atom is 0.113 e. The van der Waals surface area contributed by atoms with Crippen LogP contribution in [0.3, 0.4) is 0 Å². The second-order valence-electron chi connectivity index (χ2n) is 10.4. The van der Waals surface area contributed by atoms with Gasteiger partial charge in [-0.2, -0.15) is 0 Å². The molecular formula is C37H23BrN6. The highest BCUT2D eigenvalue weighted by molar-refractivity contribution is 9.10. The summed E-state index contributed by atoms with van der Waals surface area (Å²) in [5.74, 6) is 0. The van der Waals surface area contributed by atoms with Gasteiger partial charge in [0, 0.05) is 33.2 Å². The van der Waals surface area contributed by atoms with E-state index >= 15 is 0 Å². The van der Waals surface area contributed by atoms with E-state index in [1.165, 1.54) is 0 Å². The summed E-state index contributed by atoms with van der Waals surface area (Å²) in [5, 5.41) is 13.7. The quantitative estimate of drug-likeness (QED) is 0.177. The first-order chi connectivity index (χ1) is 21.7. The van der Waals surface area contributed by atoms with Crippen LogP contribution in [0, 0.1) is 0 Å². The number of hydrogen-bond donors (Lipinski definition) is 0. The topological polar surface area (TPSA) is 69.4 Å². The first kappa shape index (κ1) is 26.1. The summed E-state index contributed by atoms with van der Waals surface area (Å²) in [7, 11) is 0. The van der Waals surface area contributed by atoms with E-state index in [2.05, 4.69) is 121 Å². The normalized spacial score (nSPS) is 11.3. The van der Waals surface area contributed by atoms with Gasteiger partial charge in [0.25, 0.3) is 0 Å². The van der Waals surface area contributed by atoms with Crippen molar-refractivity contribution in [2.24, 2.45) is 0 Å². The largest absolute Gasteiger partial charge is 0.255 e. The Morgan fingerprint density at radius 2 is 1.00 bits per heavy atom. The number of fused-ring (bicyclic) bond motifs is 2. The standard InChI is InChI=1S/C37H23BrN6/c38-36-27-9-1-3-11-29(27)37(30-12-4-2-10-28(30)36)44-23-35(42-43-44)25-17-15-24(16-18-25)26-21-33(31-13-5-7-19-39-31)41-34(22-26)32-14-6-8-20-40-32/h1-23H. The molecule has 0 aliphatic heterocycles. The first-order valence-corrected chi connectivity index (χ1v) is 15.0. The van der Waals surface area contributed by atoms with E-state index in [-0.39, 0.29) is 0 Å². The van der Waals surface area contributed by atoms with Crippen LogP contribution in [0.1, 0.15) is 0 Å². The van der Waals surface area contributed by atoms with Gasteiger partial charge < -0.3 is 0 Å². The van der Waals surface area contributed by atoms with Gasteiger partial charge in [-0.1, -0.05) is 90.1 Å². The molecule has 8 aromatic rings. The molecule has 44 heavy (non-hydrogen) atoms. The van der Waals surface area contributed by atoms with Gasteiger partial charge in [-0.3, -0.25) is 9.97 Å². The van der Waals surface area contributed by atoms with E-state index in [1.54, 1.807) is 12.4 Å². The van der Waals surface area contributed by atoms with E-state index in [9.17, 15) is 0 Å². The smallest absolute Gasteiger partial charge is 0.113 e. The Labute approximate surface area is 261 Å². The Kier molecular flexibility index (Phi) is 6.50. The molecule has 0 fully saturated rings. The minimum absolute atomic E-state index is 0.796. The number of halogens is 1. The molecule has 0 spiro atoms. The molecule has 0 saturated carbocycles. The number of aromatic nitrogens is 6. The van der Waals surface area contributed by atoms with Crippen molar-refractivity contribution in [1.29, 1.82) is 0 Å². The third kappa shape index (κ3) is 4.64. The fourth-order valence-corrected chi connectivity index (χ4v) is 6.32. The maximum atomic E-state index is 4.90. The average Bonchev–Trinajstić information content (AvgIpc) is 3.59. The third-order valence-corrected chi connectivity index (χ3v) is 8.61. The molecule has 4 heterocycles. The lowest BCUT2D eigenvalue weighted by Crippen LogP contribution is -1.98. The Morgan fingerprint density at radius 1 is 0.477 bits per heavy atom. The molecule has 0 aliphatic rings. The summed E-state index contributed by atoms with van der Waals surface area (Å²) in [6.45, 7) is 0. The highest BCUT2D eigenvalue weighted by Gasteiger charge is 2.16. The van der Waals surface area contributed by atoms with E-state index in [0.29, 0.717) is 0 Å². The Balaban J connectivity index is 1.19. The average molecular weight is 632 g/mol. The first-order valence-electron chi connectivity index (χ1n) is 14.2. The zero-order valence-corrected chi connectivity index (χ0v) is 24.9. The van der Waals surface area contributed by atoms with Crippen LogP contribution in [0.15, 0.2) is 144 Å². The Hall–Kier alpha value is -5.53. The van der Waals surface area contributed by atoms with Gasteiger partial charge in [0.15, 0.2) is 0 Å². The lowest BCUT2D eigenvalue weighted by Gasteiger charge is -2.13. The van der Waals surface area contributed by atoms with Crippen molar-refractivity contribution in [3.05, 3.63) is 144 Å². The fraction of sp³-hybridized carbons (Fsp3) is 0. The summed E-state index contributed by atoms with van der Waals surface area (Å²) < 4.78 is 2.97. The molecular weight excluding hydrogens is 608 g/mol. The van der Waals surface area contributed by atoms with Gasteiger partial charge in [-0.05, 0) is 74.2 Å². The number of pyridine rings is 3. The van der Waals surface area contributed by atoms with Crippen LogP contribution in [0.25, 0.3) is 72.4 Å².